The Morgan fingerprint density at radius 2 is 1.65 bits per heavy atom. The molecule has 3 aromatic rings. The van der Waals surface area contributed by atoms with Crippen molar-refractivity contribution in [3.8, 4) is 0 Å². The standard InChI is InChI=1S/C15H14FN/c1-3-17-14-6-4-10(2)8-12(14)13-9-11(16)5-7-15(13)17/h4-9H,3H2,1-2H3. The fourth-order valence-electron chi connectivity index (χ4n) is 2.53. The zero-order valence-electron chi connectivity index (χ0n) is 10.00. The van der Waals surface area contributed by atoms with Gasteiger partial charge in [0.1, 0.15) is 5.82 Å². The average molecular weight is 227 g/mol. The van der Waals surface area contributed by atoms with Crippen molar-refractivity contribution in [1.82, 2.24) is 4.57 Å². The summed E-state index contributed by atoms with van der Waals surface area (Å²) >= 11 is 0. The van der Waals surface area contributed by atoms with Crippen LogP contribution in [0.1, 0.15) is 12.5 Å². The van der Waals surface area contributed by atoms with Crippen LogP contribution < -0.4 is 0 Å². The third-order valence-electron chi connectivity index (χ3n) is 3.30. The van der Waals surface area contributed by atoms with Gasteiger partial charge in [-0.3, -0.25) is 0 Å². The molecule has 0 atom stereocenters. The molecule has 0 bridgehead atoms. The molecule has 0 N–H and O–H groups in total. The summed E-state index contributed by atoms with van der Waals surface area (Å²) in [5.41, 5.74) is 3.49. The number of nitrogens with zero attached hydrogens (tertiary/aromatic N) is 1. The highest BCUT2D eigenvalue weighted by Gasteiger charge is 2.09. The van der Waals surface area contributed by atoms with Gasteiger partial charge in [0.2, 0.25) is 0 Å². The van der Waals surface area contributed by atoms with E-state index in [0.717, 1.165) is 22.8 Å². The van der Waals surface area contributed by atoms with Crippen molar-refractivity contribution in [3.05, 3.63) is 47.8 Å². The third-order valence-corrected chi connectivity index (χ3v) is 3.30. The topological polar surface area (TPSA) is 4.93 Å². The monoisotopic (exact) mass is 227 g/mol. The smallest absolute Gasteiger partial charge is 0.123 e. The molecular weight excluding hydrogens is 213 g/mol. The van der Waals surface area contributed by atoms with Gasteiger partial charge in [0, 0.05) is 28.4 Å². The highest BCUT2D eigenvalue weighted by Crippen LogP contribution is 2.30. The van der Waals surface area contributed by atoms with Crippen LogP contribution in [0.3, 0.4) is 0 Å². The summed E-state index contributed by atoms with van der Waals surface area (Å²) in [4.78, 5) is 0. The molecule has 0 aliphatic rings. The molecule has 3 rings (SSSR count). The lowest BCUT2D eigenvalue weighted by Gasteiger charge is -2.02. The second-order valence-corrected chi connectivity index (χ2v) is 4.43. The van der Waals surface area contributed by atoms with E-state index < -0.39 is 0 Å². The summed E-state index contributed by atoms with van der Waals surface area (Å²) < 4.78 is 15.6. The maximum Gasteiger partial charge on any atom is 0.123 e. The molecule has 0 saturated heterocycles. The lowest BCUT2D eigenvalue weighted by atomic mass is 10.1. The van der Waals surface area contributed by atoms with E-state index in [1.165, 1.54) is 17.1 Å². The largest absolute Gasteiger partial charge is 0.341 e. The molecule has 2 heteroatoms. The average Bonchev–Trinajstić information content (AvgIpc) is 2.62. The molecule has 0 aliphatic heterocycles. The van der Waals surface area contributed by atoms with E-state index in [0.29, 0.717) is 0 Å². The lowest BCUT2D eigenvalue weighted by molar-refractivity contribution is 0.629. The van der Waals surface area contributed by atoms with Crippen molar-refractivity contribution >= 4 is 21.8 Å². The Morgan fingerprint density at radius 3 is 2.35 bits per heavy atom. The van der Waals surface area contributed by atoms with E-state index in [2.05, 4.69) is 36.6 Å². The first-order valence-electron chi connectivity index (χ1n) is 5.89. The fraction of sp³-hybridized carbons (Fsp3) is 0.200. The van der Waals surface area contributed by atoms with Crippen molar-refractivity contribution in [1.29, 1.82) is 0 Å². The lowest BCUT2D eigenvalue weighted by Crippen LogP contribution is -1.92. The van der Waals surface area contributed by atoms with Crippen LogP contribution in [0.4, 0.5) is 4.39 Å². The highest BCUT2D eigenvalue weighted by molar-refractivity contribution is 6.08. The van der Waals surface area contributed by atoms with Gasteiger partial charge in [0.05, 0.1) is 0 Å². The molecular formula is C15H14FN. The number of halogens is 1. The van der Waals surface area contributed by atoms with E-state index in [1.54, 1.807) is 6.07 Å². The van der Waals surface area contributed by atoms with Crippen LogP contribution in [0.25, 0.3) is 21.8 Å². The Bertz CT molecular complexity index is 650. The number of hydrogen-bond donors (Lipinski definition) is 0. The van der Waals surface area contributed by atoms with Crippen LogP contribution in [-0.2, 0) is 6.54 Å². The van der Waals surface area contributed by atoms with Crippen molar-refractivity contribution < 1.29 is 4.39 Å². The predicted octanol–water partition coefficient (Wildman–Crippen LogP) is 4.26. The van der Waals surface area contributed by atoms with Crippen LogP contribution in [0, 0.1) is 12.7 Å². The van der Waals surface area contributed by atoms with E-state index in [1.807, 2.05) is 6.07 Å². The van der Waals surface area contributed by atoms with E-state index in [-0.39, 0.29) is 5.82 Å². The van der Waals surface area contributed by atoms with E-state index in [9.17, 15) is 4.39 Å². The summed E-state index contributed by atoms with van der Waals surface area (Å²) in [7, 11) is 0. The normalized spacial score (nSPS) is 11.5. The van der Waals surface area contributed by atoms with Gasteiger partial charge in [-0.2, -0.15) is 0 Å². The Kier molecular flexibility index (Phi) is 2.18. The molecule has 86 valence electrons. The summed E-state index contributed by atoms with van der Waals surface area (Å²) in [6, 6.07) is 11.4. The first-order chi connectivity index (χ1) is 8.20. The summed E-state index contributed by atoms with van der Waals surface area (Å²) in [6.45, 7) is 5.07. The maximum atomic E-state index is 13.4. The number of benzene rings is 2. The Labute approximate surface area is 99.5 Å². The van der Waals surface area contributed by atoms with E-state index >= 15 is 0 Å². The van der Waals surface area contributed by atoms with Gasteiger partial charge in [-0.15, -0.1) is 0 Å². The Balaban J connectivity index is 2.57. The second-order valence-electron chi connectivity index (χ2n) is 4.43. The maximum absolute atomic E-state index is 13.4. The van der Waals surface area contributed by atoms with Crippen molar-refractivity contribution in [2.75, 3.05) is 0 Å². The van der Waals surface area contributed by atoms with Gasteiger partial charge in [-0.25, -0.2) is 4.39 Å². The molecule has 0 unspecified atom stereocenters. The molecule has 0 saturated carbocycles. The number of hydrogen-bond acceptors (Lipinski definition) is 0. The van der Waals surface area contributed by atoms with Gasteiger partial charge in [-0.1, -0.05) is 11.6 Å². The van der Waals surface area contributed by atoms with Crippen molar-refractivity contribution in [2.24, 2.45) is 0 Å². The number of fused-ring (bicyclic) bond motifs is 3. The number of aromatic nitrogens is 1. The first kappa shape index (κ1) is 10.3. The van der Waals surface area contributed by atoms with Crippen molar-refractivity contribution in [2.45, 2.75) is 20.4 Å². The number of rotatable bonds is 1. The highest BCUT2D eigenvalue weighted by atomic mass is 19.1. The predicted molar refractivity (Wildman–Crippen MR) is 69.8 cm³/mol. The van der Waals surface area contributed by atoms with Crippen LogP contribution in [-0.4, -0.2) is 4.57 Å². The zero-order chi connectivity index (χ0) is 12.0. The second kappa shape index (κ2) is 3.59. The molecule has 0 amide bonds. The number of aryl methyl sites for hydroxylation is 2. The van der Waals surface area contributed by atoms with Gasteiger partial charge < -0.3 is 4.57 Å². The van der Waals surface area contributed by atoms with Crippen molar-refractivity contribution in [3.63, 3.8) is 0 Å². The molecule has 1 aromatic heterocycles. The SMILES string of the molecule is CCn1c2ccc(C)cc2c2cc(F)ccc21. The zero-order valence-corrected chi connectivity index (χ0v) is 10.00. The molecule has 17 heavy (non-hydrogen) atoms. The first-order valence-corrected chi connectivity index (χ1v) is 5.89. The minimum absolute atomic E-state index is 0.172. The minimum atomic E-state index is -0.172. The van der Waals surface area contributed by atoms with Crippen LogP contribution in [0.15, 0.2) is 36.4 Å². The van der Waals surface area contributed by atoms with Crippen LogP contribution in [0.2, 0.25) is 0 Å². The fourth-order valence-corrected chi connectivity index (χ4v) is 2.53. The third kappa shape index (κ3) is 1.44. The summed E-state index contributed by atoms with van der Waals surface area (Å²) in [5.74, 6) is -0.172. The molecule has 1 nitrogen and oxygen atoms in total. The van der Waals surface area contributed by atoms with E-state index in [4.69, 9.17) is 0 Å². The van der Waals surface area contributed by atoms with Gasteiger partial charge in [0.25, 0.3) is 0 Å². The van der Waals surface area contributed by atoms with Crippen LogP contribution >= 0.6 is 0 Å². The Hall–Kier alpha value is -1.83. The van der Waals surface area contributed by atoms with Gasteiger partial charge >= 0.3 is 0 Å². The Morgan fingerprint density at radius 1 is 1.00 bits per heavy atom. The molecule has 0 spiro atoms. The molecule has 0 radical (unpaired) electrons. The molecule has 0 aliphatic carbocycles. The summed E-state index contributed by atoms with van der Waals surface area (Å²) in [5, 5.41) is 2.15. The molecule has 1 heterocycles. The molecule has 2 aromatic carbocycles. The quantitative estimate of drug-likeness (QED) is 0.585. The minimum Gasteiger partial charge on any atom is -0.341 e. The summed E-state index contributed by atoms with van der Waals surface area (Å²) in [6.07, 6.45) is 0. The van der Waals surface area contributed by atoms with Crippen LogP contribution in [0.5, 0.6) is 0 Å². The van der Waals surface area contributed by atoms with Gasteiger partial charge in [-0.05, 0) is 44.2 Å². The van der Waals surface area contributed by atoms with Gasteiger partial charge in [0.15, 0.2) is 0 Å². The molecule has 0 fully saturated rings.